The van der Waals surface area contributed by atoms with Gasteiger partial charge in [0, 0.05) is 26.3 Å². The van der Waals surface area contributed by atoms with Crippen molar-refractivity contribution in [2.45, 2.75) is 19.6 Å². The normalized spacial score (nSPS) is 11.1. The molecule has 25 heavy (non-hydrogen) atoms. The quantitative estimate of drug-likeness (QED) is 0.857. The Balaban J connectivity index is 2.11. The molecule has 0 saturated heterocycles. The Kier molecular flexibility index (Phi) is 5.56. The molecule has 134 valence electrons. The number of nitrogens with one attached hydrogen (secondary N) is 2. The highest BCUT2D eigenvalue weighted by Gasteiger charge is 2.34. The molecular formula is C18H20F3N3O. The van der Waals surface area contributed by atoms with Crippen molar-refractivity contribution in [2.24, 2.45) is 0 Å². The van der Waals surface area contributed by atoms with Gasteiger partial charge in [-0.25, -0.2) is 4.79 Å². The number of anilines is 2. The fourth-order valence-corrected chi connectivity index (χ4v) is 2.32. The maximum Gasteiger partial charge on any atom is 0.418 e. The van der Waals surface area contributed by atoms with Crippen molar-refractivity contribution < 1.29 is 18.0 Å². The lowest BCUT2D eigenvalue weighted by atomic mass is 10.1. The van der Waals surface area contributed by atoms with Crippen molar-refractivity contribution in [3.63, 3.8) is 0 Å². The molecular weight excluding hydrogens is 331 g/mol. The van der Waals surface area contributed by atoms with Crippen molar-refractivity contribution in [3.8, 4) is 0 Å². The first-order valence-corrected chi connectivity index (χ1v) is 7.66. The van der Waals surface area contributed by atoms with E-state index in [9.17, 15) is 18.0 Å². The molecule has 0 saturated carbocycles. The van der Waals surface area contributed by atoms with Crippen LogP contribution in [0.4, 0.5) is 29.3 Å². The van der Waals surface area contributed by atoms with Crippen LogP contribution in [0.2, 0.25) is 0 Å². The van der Waals surface area contributed by atoms with Crippen molar-refractivity contribution in [1.29, 1.82) is 0 Å². The second-order valence-electron chi connectivity index (χ2n) is 5.92. The second-order valence-corrected chi connectivity index (χ2v) is 5.92. The Morgan fingerprint density at radius 2 is 1.84 bits per heavy atom. The van der Waals surface area contributed by atoms with Crippen LogP contribution in [0, 0.1) is 6.92 Å². The minimum Gasteiger partial charge on any atom is -0.378 e. The molecule has 0 aliphatic heterocycles. The molecule has 0 aromatic heterocycles. The van der Waals surface area contributed by atoms with Crippen molar-refractivity contribution in [3.05, 3.63) is 59.2 Å². The van der Waals surface area contributed by atoms with E-state index in [0.29, 0.717) is 5.69 Å². The van der Waals surface area contributed by atoms with Crippen molar-refractivity contribution >= 4 is 17.4 Å². The number of amides is 2. The van der Waals surface area contributed by atoms with E-state index in [1.54, 1.807) is 19.0 Å². The summed E-state index contributed by atoms with van der Waals surface area (Å²) in [7, 11) is 3.30. The number of carbonyl (C=O) groups excluding carboxylic acids is 1. The molecule has 0 radical (unpaired) electrons. The molecule has 4 nitrogen and oxygen atoms in total. The Morgan fingerprint density at radius 1 is 1.12 bits per heavy atom. The average Bonchev–Trinajstić information content (AvgIpc) is 2.52. The summed E-state index contributed by atoms with van der Waals surface area (Å²) < 4.78 is 39.7. The minimum atomic E-state index is -4.56. The molecule has 0 spiro atoms. The van der Waals surface area contributed by atoms with E-state index in [1.165, 1.54) is 12.1 Å². The molecule has 0 aliphatic carbocycles. The minimum absolute atomic E-state index is 0.227. The van der Waals surface area contributed by atoms with Gasteiger partial charge in [-0.3, -0.25) is 0 Å². The number of rotatable bonds is 4. The van der Waals surface area contributed by atoms with Gasteiger partial charge in [-0.2, -0.15) is 13.2 Å². The lowest BCUT2D eigenvalue weighted by molar-refractivity contribution is -0.136. The van der Waals surface area contributed by atoms with Gasteiger partial charge in [0.15, 0.2) is 0 Å². The number of halogens is 3. The first-order valence-electron chi connectivity index (χ1n) is 7.66. The van der Waals surface area contributed by atoms with Crippen LogP contribution in [0.5, 0.6) is 0 Å². The fourth-order valence-electron chi connectivity index (χ4n) is 2.32. The van der Waals surface area contributed by atoms with Gasteiger partial charge in [-0.15, -0.1) is 0 Å². The van der Waals surface area contributed by atoms with Gasteiger partial charge >= 0.3 is 12.2 Å². The molecule has 2 aromatic rings. The molecule has 0 heterocycles. The molecule has 0 bridgehead atoms. The second kappa shape index (κ2) is 7.46. The van der Waals surface area contributed by atoms with Crippen LogP contribution >= 0.6 is 0 Å². The van der Waals surface area contributed by atoms with Gasteiger partial charge in [-0.05, 0) is 30.7 Å². The van der Waals surface area contributed by atoms with Crippen LogP contribution in [0.1, 0.15) is 16.7 Å². The van der Waals surface area contributed by atoms with Crippen LogP contribution in [0.3, 0.4) is 0 Å². The summed E-state index contributed by atoms with van der Waals surface area (Å²) in [6.07, 6.45) is -4.56. The van der Waals surface area contributed by atoms with Crippen LogP contribution < -0.4 is 15.5 Å². The maximum atomic E-state index is 13.2. The number of hydrogen-bond donors (Lipinski definition) is 2. The smallest absolute Gasteiger partial charge is 0.378 e. The van der Waals surface area contributed by atoms with E-state index >= 15 is 0 Å². The SMILES string of the molecule is Cc1cccc(CNC(=O)Nc2ccc(N(C)C)cc2C(F)(F)F)c1. The first kappa shape index (κ1) is 18.6. The number of alkyl halides is 3. The maximum absolute atomic E-state index is 13.2. The van der Waals surface area contributed by atoms with Gasteiger partial charge in [-0.1, -0.05) is 29.8 Å². The molecule has 2 N–H and O–H groups in total. The highest BCUT2D eigenvalue weighted by molar-refractivity contribution is 5.90. The van der Waals surface area contributed by atoms with E-state index in [4.69, 9.17) is 0 Å². The average molecular weight is 351 g/mol. The van der Waals surface area contributed by atoms with Crippen LogP contribution in [-0.2, 0) is 12.7 Å². The Hall–Kier alpha value is -2.70. The third kappa shape index (κ3) is 5.14. The van der Waals surface area contributed by atoms with Crippen molar-refractivity contribution in [2.75, 3.05) is 24.3 Å². The predicted molar refractivity (Wildman–Crippen MR) is 92.8 cm³/mol. The summed E-state index contributed by atoms with van der Waals surface area (Å²) in [6, 6.07) is 10.6. The van der Waals surface area contributed by atoms with E-state index in [1.807, 2.05) is 31.2 Å². The van der Waals surface area contributed by atoms with E-state index < -0.39 is 17.8 Å². The Morgan fingerprint density at radius 3 is 2.44 bits per heavy atom. The number of urea groups is 1. The Labute approximate surface area is 144 Å². The van der Waals surface area contributed by atoms with Crippen LogP contribution in [0.15, 0.2) is 42.5 Å². The van der Waals surface area contributed by atoms with E-state index in [0.717, 1.165) is 17.2 Å². The topological polar surface area (TPSA) is 44.4 Å². The van der Waals surface area contributed by atoms with Gasteiger partial charge in [0.2, 0.25) is 0 Å². The molecule has 0 unspecified atom stereocenters. The monoisotopic (exact) mass is 351 g/mol. The van der Waals surface area contributed by atoms with Gasteiger partial charge in [0.25, 0.3) is 0 Å². The van der Waals surface area contributed by atoms with Crippen LogP contribution in [0.25, 0.3) is 0 Å². The number of aryl methyl sites for hydroxylation is 1. The summed E-state index contributed by atoms with van der Waals surface area (Å²) in [5.74, 6) is 0. The van der Waals surface area contributed by atoms with Crippen LogP contribution in [-0.4, -0.2) is 20.1 Å². The summed E-state index contributed by atoms with van der Waals surface area (Å²) in [5.41, 5.74) is 1.15. The third-order valence-corrected chi connectivity index (χ3v) is 3.61. The summed E-state index contributed by atoms with van der Waals surface area (Å²) in [6.45, 7) is 2.15. The molecule has 7 heteroatoms. The van der Waals surface area contributed by atoms with Gasteiger partial charge in [0.1, 0.15) is 0 Å². The number of carbonyl (C=O) groups is 1. The van der Waals surface area contributed by atoms with Gasteiger partial charge < -0.3 is 15.5 Å². The molecule has 0 aliphatic rings. The van der Waals surface area contributed by atoms with E-state index in [2.05, 4.69) is 10.6 Å². The molecule has 2 rings (SSSR count). The molecule has 0 fully saturated rings. The fraction of sp³-hybridized carbons (Fsp3) is 0.278. The molecule has 2 amide bonds. The zero-order valence-electron chi connectivity index (χ0n) is 14.2. The lowest BCUT2D eigenvalue weighted by Crippen LogP contribution is -2.29. The largest absolute Gasteiger partial charge is 0.418 e. The highest BCUT2D eigenvalue weighted by Crippen LogP contribution is 2.37. The first-order chi connectivity index (χ1) is 11.7. The third-order valence-electron chi connectivity index (χ3n) is 3.61. The predicted octanol–water partition coefficient (Wildman–Crippen LogP) is 4.40. The standard InChI is InChI=1S/C18H20F3N3O/c1-12-5-4-6-13(9-12)11-22-17(25)23-16-8-7-14(24(2)3)10-15(16)18(19,20)21/h4-10H,11H2,1-3H3,(H2,22,23,25). The summed E-state index contributed by atoms with van der Waals surface area (Å²) >= 11 is 0. The molecule has 2 aromatic carbocycles. The zero-order valence-corrected chi connectivity index (χ0v) is 14.2. The number of hydrogen-bond acceptors (Lipinski definition) is 2. The number of benzene rings is 2. The lowest BCUT2D eigenvalue weighted by Gasteiger charge is -2.19. The zero-order chi connectivity index (χ0) is 18.6. The van der Waals surface area contributed by atoms with E-state index in [-0.39, 0.29) is 12.2 Å². The van der Waals surface area contributed by atoms with Gasteiger partial charge in [0.05, 0.1) is 11.3 Å². The highest BCUT2D eigenvalue weighted by atomic mass is 19.4. The summed E-state index contributed by atoms with van der Waals surface area (Å²) in [4.78, 5) is 13.5. The number of nitrogens with zero attached hydrogens (tertiary/aromatic N) is 1. The Bertz CT molecular complexity index is 757. The van der Waals surface area contributed by atoms with Crippen molar-refractivity contribution in [1.82, 2.24) is 5.32 Å². The molecule has 0 atom stereocenters. The summed E-state index contributed by atoms with van der Waals surface area (Å²) in [5, 5.41) is 4.84.